The highest BCUT2D eigenvalue weighted by Gasteiger charge is 2.51. The SMILES string of the molecule is NCC=C(F)COc1ccc(C(=O)NC23CC4CC(CC(C4)C2)C3)cc1. The second kappa shape index (κ2) is 7.03. The molecule has 0 heterocycles. The van der Waals surface area contributed by atoms with Gasteiger partial charge in [-0.05, 0) is 86.6 Å². The van der Waals surface area contributed by atoms with Crippen LogP contribution in [0.2, 0.25) is 0 Å². The number of amides is 1. The monoisotopic (exact) mass is 358 g/mol. The molecule has 0 aromatic heterocycles. The van der Waals surface area contributed by atoms with Crippen LogP contribution in [0, 0.1) is 17.8 Å². The highest BCUT2D eigenvalue weighted by atomic mass is 19.1. The molecule has 0 spiro atoms. The van der Waals surface area contributed by atoms with Crippen LogP contribution < -0.4 is 15.8 Å². The quantitative estimate of drug-likeness (QED) is 0.817. The van der Waals surface area contributed by atoms with Gasteiger partial charge in [0.05, 0.1) is 0 Å². The molecule has 4 bridgehead atoms. The minimum Gasteiger partial charge on any atom is -0.487 e. The highest BCUT2D eigenvalue weighted by Crippen LogP contribution is 2.55. The fraction of sp³-hybridized carbons (Fsp3) is 0.571. The van der Waals surface area contributed by atoms with Crippen molar-refractivity contribution in [3.63, 3.8) is 0 Å². The number of rotatable bonds is 6. The average molecular weight is 358 g/mol. The molecule has 4 saturated carbocycles. The van der Waals surface area contributed by atoms with Crippen LogP contribution in [-0.2, 0) is 0 Å². The van der Waals surface area contributed by atoms with E-state index in [-0.39, 0.29) is 24.6 Å². The average Bonchev–Trinajstić information content (AvgIpc) is 2.59. The van der Waals surface area contributed by atoms with E-state index in [1.165, 1.54) is 25.3 Å². The van der Waals surface area contributed by atoms with Gasteiger partial charge in [-0.1, -0.05) is 0 Å². The molecule has 5 rings (SSSR count). The van der Waals surface area contributed by atoms with Gasteiger partial charge in [-0.2, -0.15) is 0 Å². The number of hydrogen-bond donors (Lipinski definition) is 2. The topological polar surface area (TPSA) is 64.3 Å². The van der Waals surface area contributed by atoms with Crippen molar-refractivity contribution in [1.29, 1.82) is 0 Å². The molecule has 1 aromatic carbocycles. The van der Waals surface area contributed by atoms with E-state index in [0.717, 1.165) is 37.0 Å². The van der Waals surface area contributed by atoms with Crippen LogP contribution in [0.3, 0.4) is 0 Å². The van der Waals surface area contributed by atoms with Crippen LogP contribution in [-0.4, -0.2) is 24.6 Å². The summed E-state index contributed by atoms with van der Waals surface area (Å²) in [5.41, 5.74) is 5.90. The molecule has 0 unspecified atom stereocenters. The van der Waals surface area contributed by atoms with E-state index in [1.807, 2.05) is 0 Å². The third-order valence-electron chi connectivity index (χ3n) is 6.25. The van der Waals surface area contributed by atoms with Crippen molar-refractivity contribution < 1.29 is 13.9 Å². The Bertz CT molecular complexity index is 663. The first kappa shape index (κ1) is 17.5. The van der Waals surface area contributed by atoms with Crippen molar-refractivity contribution in [2.75, 3.05) is 13.2 Å². The molecule has 0 saturated heterocycles. The molecular formula is C21H27FN2O2. The number of nitrogens with one attached hydrogen (secondary N) is 1. The molecule has 4 aliphatic rings. The first-order chi connectivity index (χ1) is 12.5. The lowest BCUT2D eigenvalue weighted by molar-refractivity contribution is -0.0167. The maximum absolute atomic E-state index is 13.3. The third-order valence-corrected chi connectivity index (χ3v) is 6.25. The van der Waals surface area contributed by atoms with Gasteiger partial charge in [-0.15, -0.1) is 0 Å². The third kappa shape index (κ3) is 3.63. The summed E-state index contributed by atoms with van der Waals surface area (Å²) in [5, 5.41) is 3.36. The number of ether oxygens (including phenoxy) is 1. The molecule has 3 N–H and O–H groups in total. The Morgan fingerprint density at radius 1 is 1.15 bits per heavy atom. The number of nitrogens with two attached hydrogens (primary N) is 1. The van der Waals surface area contributed by atoms with E-state index in [2.05, 4.69) is 5.32 Å². The minimum absolute atomic E-state index is 0.00675. The summed E-state index contributed by atoms with van der Waals surface area (Å²) in [4.78, 5) is 12.8. The van der Waals surface area contributed by atoms with E-state index >= 15 is 0 Å². The fourth-order valence-electron chi connectivity index (χ4n) is 5.62. The van der Waals surface area contributed by atoms with Gasteiger partial charge in [0.1, 0.15) is 18.2 Å². The van der Waals surface area contributed by atoms with Gasteiger partial charge >= 0.3 is 0 Å². The summed E-state index contributed by atoms with van der Waals surface area (Å²) in [6, 6.07) is 6.92. The van der Waals surface area contributed by atoms with E-state index in [4.69, 9.17) is 10.5 Å². The predicted octanol–water partition coefficient (Wildman–Crippen LogP) is 3.58. The molecule has 4 aliphatic carbocycles. The maximum Gasteiger partial charge on any atom is 0.251 e. The number of carbonyl (C=O) groups excluding carboxylic acids is 1. The van der Waals surface area contributed by atoms with Gasteiger partial charge in [-0.3, -0.25) is 4.79 Å². The molecule has 1 aromatic rings. The predicted molar refractivity (Wildman–Crippen MR) is 98.6 cm³/mol. The lowest BCUT2D eigenvalue weighted by atomic mass is 9.53. The van der Waals surface area contributed by atoms with Crippen LogP contribution >= 0.6 is 0 Å². The number of hydrogen-bond acceptors (Lipinski definition) is 3. The molecular weight excluding hydrogens is 331 g/mol. The molecule has 1 amide bonds. The smallest absolute Gasteiger partial charge is 0.251 e. The van der Waals surface area contributed by atoms with Crippen molar-refractivity contribution in [3.8, 4) is 5.75 Å². The van der Waals surface area contributed by atoms with Gasteiger partial charge in [0.2, 0.25) is 0 Å². The molecule has 4 fully saturated rings. The van der Waals surface area contributed by atoms with E-state index in [9.17, 15) is 9.18 Å². The molecule has 0 radical (unpaired) electrons. The largest absolute Gasteiger partial charge is 0.487 e. The van der Waals surface area contributed by atoms with Crippen molar-refractivity contribution in [3.05, 3.63) is 41.7 Å². The van der Waals surface area contributed by atoms with Crippen LogP contribution in [0.15, 0.2) is 36.2 Å². The zero-order valence-electron chi connectivity index (χ0n) is 15.0. The highest BCUT2D eigenvalue weighted by molar-refractivity contribution is 5.94. The van der Waals surface area contributed by atoms with Crippen LogP contribution in [0.1, 0.15) is 48.9 Å². The summed E-state index contributed by atoms with van der Waals surface area (Å²) < 4.78 is 18.7. The number of carbonyl (C=O) groups is 1. The van der Waals surface area contributed by atoms with Crippen molar-refractivity contribution in [2.24, 2.45) is 23.5 Å². The summed E-state index contributed by atoms with van der Waals surface area (Å²) in [7, 11) is 0. The Kier molecular flexibility index (Phi) is 4.74. The van der Waals surface area contributed by atoms with Crippen molar-refractivity contribution >= 4 is 5.91 Å². The molecule has 0 atom stereocenters. The Morgan fingerprint density at radius 2 is 1.73 bits per heavy atom. The second-order valence-corrected chi connectivity index (χ2v) is 8.35. The summed E-state index contributed by atoms with van der Waals surface area (Å²) in [5.74, 6) is 2.54. The molecule has 4 nitrogen and oxygen atoms in total. The van der Waals surface area contributed by atoms with Crippen molar-refractivity contribution in [2.45, 2.75) is 44.1 Å². The van der Waals surface area contributed by atoms with Gasteiger partial charge in [0, 0.05) is 17.6 Å². The molecule has 26 heavy (non-hydrogen) atoms. The maximum atomic E-state index is 13.3. The first-order valence-corrected chi connectivity index (χ1v) is 9.65. The van der Waals surface area contributed by atoms with E-state index in [1.54, 1.807) is 24.3 Å². The lowest BCUT2D eigenvalue weighted by Gasteiger charge is -2.56. The Balaban J connectivity index is 1.37. The number of benzene rings is 1. The Hall–Kier alpha value is -1.88. The van der Waals surface area contributed by atoms with Crippen LogP contribution in [0.5, 0.6) is 5.75 Å². The summed E-state index contributed by atoms with van der Waals surface area (Å²) >= 11 is 0. The van der Waals surface area contributed by atoms with Crippen molar-refractivity contribution in [1.82, 2.24) is 5.32 Å². The van der Waals surface area contributed by atoms with Gasteiger partial charge < -0.3 is 15.8 Å². The first-order valence-electron chi connectivity index (χ1n) is 9.65. The summed E-state index contributed by atoms with van der Waals surface area (Å²) in [6.45, 7) is 0.00857. The molecule has 5 heteroatoms. The Labute approximate surface area is 154 Å². The van der Waals surface area contributed by atoms with Gasteiger partial charge in [0.25, 0.3) is 5.91 Å². The molecule has 140 valence electrons. The van der Waals surface area contributed by atoms with Gasteiger partial charge in [0.15, 0.2) is 0 Å². The van der Waals surface area contributed by atoms with Crippen LogP contribution in [0.25, 0.3) is 0 Å². The normalized spacial score (nSPS) is 32.5. The van der Waals surface area contributed by atoms with Crippen LogP contribution in [0.4, 0.5) is 4.39 Å². The lowest BCUT2D eigenvalue weighted by Crippen LogP contribution is -2.59. The summed E-state index contributed by atoms with van der Waals surface area (Å²) in [6.07, 6.45) is 8.77. The zero-order valence-corrected chi connectivity index (χ0v) is 15.0. The minimum atomic E-state index is -0.392. The standard InChI is InChI=1S/C21H27FN2O2/c22-18(5-6-23)13-26-19-3-1-17(2-4-19)20(25)24-21-10-14-7-15(11-21)9-16(8-14)12-21/h1-5,14-16H,6-13,23H2,(H,24,25). The zero-order chi connectivity index (χ0) is 18.1. The fourth-order valence-corrected chi connectivity index (χ4v) is 5.62. The number of halogens is 1. The molecule has 0 aliphatic heterocycles. The Morgan fingerprint density at radius 3 is 2.27 bits per heavy atom. The van der Waals surface area contributed by atoms with E-state index < -0.39 is 5.83 Å². The van der Waals surface area contributed by atoms with Gasteiger partial charge in [-0.25, -0.2) is 4.39 Å². The van der Waals surface area contributed by atoms with E-state index in [0.29, 0.717) is 11.3 Å². The second-order valence-electron chi connectivity index (χ2n) is 8.35.